The van der Waals surface area contributed by atoms with E-state index in [9.17, 15) is 9.18 Å². The largest absolute Gasteiger partial charge is 0.357 e. The summed E-state index contributed by atoms with van der Waals surface area (Å²) in [6.45, 7) is 0.732. The van der Waals surface area contributed by atoms with Gasteiger partial charge in [-0.3, -0.25) is 4.79 Å². The van der Waals surface area contributed by atoms with E-state index < -0.39 is 0 Å². The van der Waals surface area contributed by atoms with Crippen molar-refractivity contribution in [2.45, 2.75) is 25.3 Å². The Morgan fingerprint density at radius 2 is 1.88 bits per heavy atom. The molecule has 0 aliphatic carbocycles. The van der Waals surface area contributed by atoms with Crippen LogP contribution in [-0.2, 0) is 0 Å². The summed E-state index contributed by atoms with van der Waals surface area (Å²) in [6.07, 6.45) is 3.05. The van der Waals surface area contributed by atoms with Gasteiger partial charge in [-0.05, 0) is 61.0 Å². The highest BCUT2D eigenvalue weighted by atomic mass is 19.1. The van der Waals surface area contributed by atoms with Crippen LogP contribution in [-0.4, -0.2) is 22.3 Å². The summed E-state index contributed by atoms with van der Waals surface area (Å²) in [6, 6.07) is 16.1. The van der Waals surface area contributed by atoms with Crippen molar-refractivity contribution in [2.75, 3.05) is 6.54 Å². The van der Waals surface area contributed by atoms with Crippen LogP contribution in [0, 0.1) is 5.82 Å². The van der Waals surface area contributed by atoms with Gasteiger partial charge < -0.3 is 9.88 Å². The quantitative estimate of drug-likeness (QED) is 0.731. The smallest absolute Gasteiger partial charge is 0.254 e. The van der Waals surface area contributed by atoms with Crippen molar-refractivity contribution in [1.82, 2.24) is 9.88 Å². The Kier molecular flexibility index (Phi) is 3.81. The number of H-pyrrole nitrogens is 1. The second kappa shape index (κ2) is 6.11. The van der Waals surface area contributed by atoms with Gasteiger partial charge in [0.15, 0.2) is 0 Å². The first-order valence-electron chi connectivity index (χ1n) is 8.36. The molecule has 3 nitrogen and oxygen atoms in total. The predicted octanol–water partition coefficient (Wildman–Crippen LogP) is 4.67. The first-order chi connectivity index (χ1) is 11.7. The topological polar surface area (TPSA) is 36.1 Å². The molecule has 1 aliphatic rings. The maximum atomic E-state index is 13.1. The number of rotatable bonds is 2. The van der Waals surface area contributed by atoms with E-state index in [1.165, 1.54) is 12.1 Å². The Hall–Kier alpha value is -2.62. The number of aromatic nitrogens is 1. The number of hydrogen-bond acceptors (Lipinski definition) is 1. The summed E-state index contributed by atoms with van der Waals surface area (Å²) in [7, 11) is 0. The van der Waals surface area contributed by atoms with Gasteiger partial charge in [0, 0.05) is 23.3 Å². The zero-order valence-corrected chi connectivity index (χ0v) is 13.3. The number of piperidine rings is 1. The van der Waals surface area contributed by atoms with E-state index in [-0.39, 0.29) is 17.8 Å². The highest BCUT2D eigenvalue weighted by molar-refractivity contribution is 5.94. The fraction of sp³-hybridized carbons (Fsp3) is 0.250. The number of para-hydroxylation sites is 1. The molecule has 0 radical (unpaired) electrons. The van der Waals surface area contributed by atoms with Crippen LogP contribution in [0.15, 0.2) is 54.6 Å². The fourth-order valence-corrected chi connectivity index (χ4v) is 3.53. The molecule has 0 spiro atoms. The lowest BCUT2D eigenvalue weighted by atomic mass is 9.98. The lowest BCUT2D eigenvalue weighted by Crippen LogP contribution is -2.38. The molecular formula is C20H19FN2O. The van der Waals surface area contributed by atoms with Gasteiger partial charge in [-0.1, -0.05) is 18.2 Å². The van der Waals surface area contributed by atoms with E-state index in [0.717, 1.165) is 42.4 Å². The molecule has 1 aliphatic heterocycles. The molecule has 2 aromatic carbocycles. The molecule has 122 valence electrons. The summed E-state index contributed by atoms with van der Waals surface area (Å²) < 4.78 is 13.1. The third-order valence-corrected chi connectivity index (χ3v) is 4.76. The molecular weight excluding hydrogens is 303 g/mol. The minimum atomic E-state index is -0.322. The number of carbonyl (C=O) groups is 1. The fourth-order valence-electron chi connectivity index (χ4n) is 3.53. The third kappa shape index (κ3) is 2.68. The Morgan fingerprint density at radius 1 is 1.08 bits per heavy atom. The van der Waals surface area contributed by atoms with E-state index >= 15 is 0 Å². The van der Waals surface area contributed by atoms with Crippen LogP contribution in [0.5, 0.6) is 0 Å². The Balaban J connectivity index is 1.67. The van der Waals surface area contributed by atoms with Crippen LogP contribution in [0.3, 0.4) is 0 Å². The number of likely N-dealkylation sites (tertiary alicyclic amines) is 1. The molecule has 3 aromatic rings. The summed E-state index contributed by atoms with van der Waals surface area (Å²) >= 11 is 0. The molecule has 1 N–H and O–H groups in total. The molecule has 1 amide bonds. The molecule has 1 aromatic heterocycles. The van der Waals surface area contributed by atoms with Crippen molar-refractivity contribution in [1.29, 1.82) is 0 Å². The number of amides is 1. The van der Waals surface area contributed by atoms with E-state index in [2.05, 4.69) is 17.1 Å². The lowest BCUT2D eigenvalue weighted by Gasteiger charge is -2.35. The minimum absolute atomic E-state index is 0.0293. The Labute approximate surface area is 140 Å². The van der Waals surface area contributed by atoms with Gasteiger partial charge in [-0.25, -0.2) is 4.39 Å². The van der Waals surface area contributed by atoms with Crippen molar-refractivity contribution in [3.05, 3.63) is 71.7 Å². The zero-order chi connectivity index (χ0) is 16.5. The summed E-state index contributed by atoms with van der Waals surface area (Å²) in [5.41, 5.74) is 2.71. The number of halogens is 1. The minimum Gasteiger partial charge on any atom is -0.357 e. The van der Waals surface area contributed by atoms with Crippen LogP contribution < -0.4 is 0 Å². The Bertz CT molecular complexity index is 836. The van der Waals surface area contributed by atoms with Gasteiger partial charge >= 0.3 is 0 Å². The molecule has 1 unspecified atom stereocenters. The maximum Gasteiger partial charge on any atom is 0.254 e. The second-order valence-electron chi connectivity index (χ2n) is 6.33. The van der Waals surface area contributed by atoms with E-state index in [0.29, 0.717) is 5.56 Å². The number of fused-ring (bicyclic) bond motifs is 1. The molecule has 24 heavy (non-hydrogen) atoms. The second-order valence-corrected chi connectivity index (χ2v) is 6.33. The SMILES string of the molecule is O=C(c1ccc(F)cc1)N1CCCCC1c1cc2ccccc2[nH]1. The van der Waals surface area contributed by atoms with Gasteiger partial charge in [-0.15, -0.1) is 0 Å². The normalized spacial score (nSPS) is 18.0. The first-order valence-corrected chi connectivity index (χ1v) is 8.36. The van der Waals surface area contributed by atoms with Crippen LogP contribution in [0.25, 0.3) is 10.9 Å². The van der Waals surface area contributed by atoms with Gasteiger partial charge in [0.1, 0.15) is 5.82 Å². The average Bonchev–Trinajstić information content (AvgIpc) is 3.06. The van der Waals surface area contributed by atoms with Gasteiger partial charge in [-0.2, -0.15) is 0 Å². The molecule has 1 atom stereocenters. The van der Waals surface area contributed by atoms with Crippen LogP contribution >= 0.6 is 0 Å². The first kappa shape index (κ1) is 14.9. The molecule has 1 saturated heterocycles. The summed E-state index contributed by atoms with van der Waals surface area (Å²) in [4.78, 5) is 18.3. The van der Waals surface area contributed by atoms with Crippen molar-refractivity contribution < 1.29 is 9.18 Å². The van der Waals surface area contributed by atoms with E-state index in [4.69, 9.17) is 0 Å². The average molecular weight is 322 g/mol. The maximum absolute atomic E-state index is 13.1. The van der Waals surface area contributed by atoms with Gasteiger partial charge in [0.25, 0.3) is 5.91 Å². The number of nitrogens with zero attached hydrogens (tertiary/aromatic N) is 1. The molecule has 0 saturated carbocycles. The summed E-state index contributed by atoms with van der Waals surface area (Å²) in [5.74, 6) is -0.351. The number of benzene rings is 2. The third-order valence-electron chi connectivity index (χ3n) is 4.76. The number of nitrogens with one attached hydrogen (secondary N) is 1. The zero-order valence-electron chi connectivity index (χ0n) is 13.3. The van der Waals surface area contributed by atoms with Gasteiger partial charge in [0.2, 0.25) is 0 Å². The molecule has 4 heteroatoms. The molecule has 1 fully saturated rings. The highest BCUT2D eigenvalue weighted by Crippen LogP contribution is 2.33. The van der Waals surface area contributed by atoms with Crippen molar-refractivity contribution in [3.8, 4) is 0 Å². The molecule has 0 bridgehead atoms. The molecule has 4 rings (SSSR count). The number of hydrogen-bond donors (Lipinski definition) is 1. The molecule has 2 heterocycles. The summed E-state index contributed by atoms with van der Waals surface area (Å²) in [5, 5.41) is 1.16. The standard InChI is InChI=1S/C20H19FN2O/c21-16-10-8-14(9-11-16)20(24)23-12-4-3-7-19(23)18-13-15-5-1-2-6-17(15)22-18/h1-2,5-6,8-11,13,19,22H,3-4,7,12H2. The van der Waals surface area contributed by atoms with Crippen molar-refractivity contribution in [2.24, 2.45) is 0 Å². The van der Waals surface area contributed by atoms with Crippen LogP contribution in [0.2, 0.25) is 0 Å². The predicted molar refractivity (Wildman–Crippen MR) is 92.3 cm³/mol. The monoisotopic (exact) mass is 322 g/mol. The van der Waals surface area contributed by atoms with Crippen molar-refractivity contribution in [3.63, 3.8) is 0 Å². The van der Waals surface area contributed by atoms with Crippen molar-refractivity contribution >= 4 is 16.8 Å². The van der Waals surface area contributed by atoms with Crippen LogP contribution in [0.4, 0.5) is 4.39 Å². The number of carbonyl (C=O) groups excluding carboxylic acids is 1. The lowest BCUT2D eigenvalue weighted by molar-refractivity contribution is 0.0607. The van der Waals surface area contributed by atoms with Gasteiger partial charge in [0.05, 0.1) is 6.04 Å². The van der Waals surface area contributed by atoms with Crippen LogP contribution in [0.1, 0.15) is 41.4 Å². The highest BCUT2D eigenvalue weighted by Gasteiger charge is 2.29. The van der Waals surface area contributed by atoms with E-state index in [1.807, 2.05) is 23.1 Å². The van der Waals surface area contributed by atoms with E-state index in [1.54, 1.807) is 12.1 Å². The number of aromatic amines is 1. The Morgan fingerprint density at radius 3 is 2.67 bits per heavy atom.